The van der Waals surface area contributed by atoms with Gasteiger partial charge in [-0.1, -0.05) is 132 Å². The summed E-state index contributed by atoms with van der Waals surface area (Å²) in [5, 5.41) is 4.89. The second-order valence-corrected chi connectivity index (χ2v) is 18.8. The zero-order valence-electron chi connectivity index (χ0n) is 34.4. The van der Waals surface area contributed by atoms with Crippen LogP contribution in [0.25, 0.3) is 66.0 Å². The molecule has 57 heavy (non-hydrogen) atoms. The van der Waals surface area contributed by atoms with Crippen molar-refractivity contribution in [3.05, 3.63) is 149 Å². The number of hydrogen-bond acceptors (Lipinski definition) is 2. The lowest BCUT2D eigenvalue weighted by atomic mass is 9.45. The summed E-state index contributed by atoms with van der Waals surface area (Å²) in [6, 6.07) is 46.1. The van der Waals surface area contributed by atoms with Crippen molar-refractivity contribution >= 4 is 78.6 Å². The summed E-state index contributed by atoms with van der Waals surface area (Å²) in [5.41, 5.74) is 22.1. The molecule has 3 nitrogen and oxygen atoms in total. The summed E-state index contributed by atoms with van der Waals surface area (Å²) in [6.07, 6.45) is 0. The van der Waals surface area contributed by atoms with Crippen LogP contribution in [-0.2, 0) is 10.8 Å². The number of benzene rings is 7. The minimum atomic E-state index is -0.0580. The van der Waals surface area contributed by atoms with Crippen molar-refractivity contribution in [3.8, 4) is 22.3 Å². The van der Waals surface area contributed by atoms with Crippen LogP contribution in [0.1, 0.15) is 69.4 Å². The molecule has 2 aliphatic heterocycles. The third-order valence-corrected chi connectivity index (χ3v) is 12.9. The summed E-state index contributed by atoms with van der Waals surface area (Å²) in [6.45, 7) is 20.7. The summed E-state index contributed by atoms with van der Waals surface area (Å²) >= 11 is 0. The lowest BCUT2D eigenvalue weighted by Gasteiger charge is -2.41. The molecule has 0 N–H and O–H groups in total. The van der Waals surface area contributed by atoms with Crippen molar-refractivity contribution in [3.63, 3.8) is 0 Å². The Bertz CT molecular complexity index is 3140. The highest BCUT2D eigenvalue weighted by atomic mass is 16.3. The molecular formula is C53H47BN2O. The average Bonchev–Trinajstić information content (AvgIpc) is 3.71. The Hall–Kier alpha value is -6.00. The number of rotatable bonds is 2. The van der Waals surface area contributed by atoms with E-state index in [0.29, 0.717) is 0 Å². The van der Waals surface area contributed by atoms with E-state index in [2.05, 4.69) is 193 Å². The second-order valence-electron chi connectivity index (χ2n) is 18.8. The molecule has 0 bridgehead atoms. The number of aromatic nitrogens is 1. The van der Waals surface area contributed by atoms with Gasteiger partial charge in [-0.2, -0.15) is 0 Å². The van der Waals surface area contributed by atoms with Crippen molar-refractivity contribution in [2.45, 2.75) is 73.1 Å². The summed E-state index contributed by atoms with van der Waals surface area (Å²) < 4.78 is 9.55. The Morgan fingerprint density at radius 3 is 1.96 bits per heavy atom. The fourth-order valence-corrected chi connectivity index (χ4v) is 10.3. The Kier molecular flexibility index (Phi) is 6.94. The van der Waals surface area contributed by atoms with Crippen molar-refractivity contribution in [2.24, 2.45) is 0 Å². The zero-order valence-corrected chi connectivity index (χ0v) is 34.4. The van der Waals surface area contributed by atoms with E-state index >= 15 is 0 Å². The molecule has 0 spiro atoms. The van der Waals surface area contributed by atoms with Gasteiger partial charge in [0.15, 0.2) is 0 Å². The molecule has 0 fully saturated rings. The summed E-state index contributed by atoms with van der Waals surface area (Å²) in [5.74, 6) is 0. The van der Waals surface area contributed by atoms with E-state index in [1.165, 1.54) is 105 Å². The molecule has 0 amide bonds. The SMILES string of the molecule is Cc1cc(C)c(-c2ccc3c(c2)N(c2cc(C(C)(C)C)cc(C(C)(C)C)c2)c2c4c(cc5oc6ccccc6c25)-c2cccc5c6ccccc6n(c25)B34)c(C)c1. The minimum Gasteiger partial charge on any atom is -0.456 e. The molecule has 7 aromatic carbocycles. The molecule has 0 radical (unpaired) electrons. The van der Waals surface area contributed by atoms with E-state index < -0.39 is 0 Å². The Morgan fingerprint density at radius 2 is 1.25 bits per heavy atom. The molecule has 0 atom stereocenters. The lowest BCUT2D eigenvalue weighted by molar-refractivity contribution is 0.569. The Balaban J connectivity index is 1.36. The average molecular weight is 739 g/mol. The topological polar surface area (TPSA) is 21.3 Å². The first-order valence-corrected chi connectivity index (χ1v) is 20.5. The molecule has 0 saturated heterocycles. The van der Waals surface area contributed by atoms with Crippen LogP contribution in [0.3, 0.4) is 0 Å². The number of hydrogen-bond donors (Lipinski definition) is 0. The van der Waals surface area contributed by atoms with Crippen LogP contribution >= 0.6 is 0 Å². The third-order valence-electron chi connectivity index (χ3n) is 12.9. The predicted octanol–water partition coefficient (Wildman–Crippen LogP) is 13.3. The van der Waals surface area contributed by atoms with E-state index in [4.69, 9.17) is 4.42 Å². The smallest absolute Gasteiger partial charge is 0.333 e. The number of furan rings is 1. The van der Waals surface area contributed by atoms with Gasteiger partial charge < -0.3 is 13.8 Å². The van der Waals surface area contributed by atoms with E-state index in [0.717, 1.165) is 16.6 Å². The van der Waals surface area contributed by atoms with Crippen LogP contribution in [0.2, 0.25) is 0 Å². The van der Waals surface area contributed by atoms with E-state index in [1.54, 1.807) is 0 Å². The zero-order chi connectivity index (χ0) is 39.3. The van der Waals surface area contributed by atoms with Gasteiger partial charge in [0.1, 0.15) is 11.2 Å². The van der Waals surface area contributed by atoms with Crippen molar-refractivity contribution < 1.29 is 4.42 Å². The molecule has 0 aliphatic carbocycles. The van der Waals surface area contributed by atoms with Gasteiger partial charge in [0.2, 0.25) is 0 Å². The number of anilines is 3. The van der Waals surface area contributed by atoms with Gasteiger partial charge in [-0.15, -0.1) is 0 Å². The van der Waals surface area contributed by atoms with Gasteiger partial charge in [-0.05, 0) is 118 Å². The lowest BCUT2D eigenvalue weighted by Crippen LogP contribution is -2.56. The fraction of sp³-hybridized carbons (Fsp3) is 0.208. The molecule has 4 heteroatoms. The minimum absolute atomic E-state index is 0.0567. The largest absolute Gasteiger partial charge is 0.456 e. The highest BCUT2D eigenvalue weighted by Gasteiger charge is 2.44. The van der Waals surface area contributed by atoms with E-state index in [-0.39, 0.29) is 17.7 Å². The molecule has 0 saturated carbocycles. The molecule has 9 aromatic rings. The molecule has 278 valence electrons. The van der Waals surface area contributed by atoms with Crippen molar-refractivity contribution in [2.75, 3.05) is 4.90 Å². The van der Waals surface area contributed by atoms with Crippen LogP contribution < -0.4 is 15.8 Å². The van der Waals surface area contributed by atoms with Crippen molar-refractivity contribution in [1.82, 2.24) is 4.48 Å². The molecule has 4 heterocycles. The summed E-state index contributed by atoms with van der Waals surface area (Å²) in [7, 11) is 0. The van der Waals surface area contributed by atoms with Gasteiger partial charge in [0, 0.05) is 44.1 Å². The quantitative estimate of drug-likeness (QED) is 0.165. The van der Waals surface area contributed by atoms with Crippen LogP contribution in [0.4, 0.5) is 17.1 Å². The normalized spacial score (nSPS) is 13.6. The van der Waals surface area contributed by atoms with Gasteiger partial charge in [-0.3, -0.25) is 0 Å². The van der Waals surface area contributed by atoms with Crippen LogP contribution in [0, 0.1) is 20.8 Å². The van der Waals surface area contributed by atoms with Gasteiger partial charge in [0.25, 0.3) is 0 Å². The number of aryl methyl sites for hydroxylation is 3. The summed E-state index contributed by atoms with van der Waals surface area (Å²) in [4.78, 5) is 2.62. The van der Waals surface area contributed by atoms with Gasteiger partial charge in [-0.25, -0.2) is 0 Å². The highest BCUT2D eigenvalue weighted by molar-refractivity contribution is 6.90. The van der Waals surface area contributed by atoms with Gasteiger partial charge >= 0.3 is 6.85 Å². The Labute approximate surface area is 335 Å². The molecule has 0 unspecified atom stereocenters. The molecule has 2 aliphatic rings. The number of nitrogens with zero attached hydrogens (tertiary/aromatic N) is 2. The highest BCUT2D eigenvalue weighted by Crippen LogP contribution is 2.51. The maximum Gasteiger partial charge on any atom is 0.333 e. The first kappa shape index (κ1) is 34.3. The maximum atomic E-state index is 6.89. The van der Waals surface area contributed by atoms with Crippen LogP contribution in [0.5, 0.6) is 0 Å². The number of para-hydroxylation sites is 3. The fourth-order valence-electron chi connectivity index (χ4n) is 10.3. The van der Waals surface area contributed by atoms with E-state index in [9.17, 15) is 0 Å². The van der Waals surface area contributed by atoms with Crippen LogP contribution in [0.15, 0.2) is 126 Å². The standard InChI is InChI=1S/C53H47BN2O/c1-30-23-31(2)47(32(3)24-30)33-21-22-42-44(25-33)55(36-27-34(52(4,5)6)26-35(28-36)53(7,8)9)51-48-40-16-11-13-20-45(40)57-46(48)29-41-39-18-14-17-38-37-15-10-12-19-43(37)56(50(38)39)54(42)49(41)51/h10-29H,1-9H3. The molecule has 11 rings (SSSR count). The molecular weight excluding hydrogens is 691 g/mol. The second kappa shape index (κ2) is 11.5. The first-order valence-electron chi connectivity index (χ1n) is 20.5. The first-order chi connectivity index (χ1) is 27.3. The molecule has 2 aromatic heterocycles. The maximum absolute atomic E-state index is 6.89. The van der Waals surface area contributed by atoms with Crippen molar-refractivity contribution in [1.29, 1.82) is 0 Å². The third kappa shape index (κ3) is 4.80. The Morgan fingerprint density at radius 1 is 0.579 bits per heavy atom. The van der Waals surface area contributed by atoms with E-state index in [1.807, 2.05) is 0 Å². The number of fused-ring (bicyclic) bond motifs is 11. The predicted molar refractivity (Wildman–Crippen MR) is 244 cm³/mol. The monoisotopic (exact) mass is 738 g/mol. The van der Waals surface area contributed by atoms with Gasteiger partial charge in [0.05, 0.1) is 11.1 Å². The van der Waals surface area contributed by atoms with Crippen LogP contribution in [-0.4, -0.2) is 11.3 Å².